The molecule has 3 saturated heterocycles. The van der Waals surface area contributed by atoms with Crippen LogP contribution in [0.2, 0.25) is 0 Å². The van der Waals surface area contributed by atoms with Gasteiger partial charge in [-0.05, 0) is 97.9 Å². The Morgan fingerprint density at radius 3 is 2.67 bits per heavy atom. The van der Waals surface area contributed by atoms with E-state index in [4.69, 9.17) is 4.74 Å². The first-order valence-corrected chi connectivity index (χ1v) is 15.0. The Morgan fingerprint density at radius 1 is 1.12 bits per heavy atom. The van der Waals surface area contributed by atoms with Crippen LogP contribution >= 0.6 is 0 Å². The Hall–Kier alpha value is -4.10. The van der Waals surface area contributed by atoms with Crippen LogP contribution in [0.1, 0.15) is 49.1 Å². The van der Waals surface area contributed by atoms with Gasteiger partial charge in [-0.1, -0.05) is 6.07 Å². The first-order valence-electron chi connectivity index (χ1n) is 15.0. The zero-order chi connectivity index (χ0) is 28.4. The summed E-state index contributed by atoms with van der Waals surface area (Å²) in [6.07, 6.45) is 6.65. The number of aromatic nitrogens is 3. The summed E-state index contributed by atoms with van der Waals surface area (Å²) in [5.41, 5.74) is 3.25. The van der Waals surface area contributed by atoms with Crippen LogP contribution in [0.25, 0.3) is 11.1 Å². The van der Waals surface area contributed by atoms with Gasteiger partial charge in [0, 0.05) is 37.2 Å². The summed E-state index contributed by atoms with van der Waals surface area (Å²) in [5, 5.41) is 21.1. The Labute approximate surface area is 243 Å². The fourth-order valence-corrected chi connectivity index (χ4v) is 7.30. The minimum atomic E-state index is -0.365. The Morgan fingerprint density at radius 2 is 1.95 bits per heavy atom. The number of ether oxygens (including phenoxy) is 1. The van der Waals surface area contributed by atoms with Crippen LogP contribution in [0.15, 0.2) is 42.7 Å². The number of nitrogens with zero attached hydrogens (tertiary/aromatic N) is 6. The van der Waals surface area contributed by atoms with E-state index in [1.807, 2.05) is 12.1 Å². The van der Waals surface area contributed by atoms with Crippen LogP contribution in [-0.2, 0) is 4.79 Å². The van der Waals surface area contributed by atoms with E-state index in [-0.39, 0.29) is 29.1 Å². The number of anilines is 1. The van der Waals surface area contributed by atoms with E-state index in [1.165, 1.54) is 24.9 Å². The standard InChI is InChI=1S/C32H32FN7O2/c33-22-4-6-27(26(13-22)23-5-1-19(14-34)11-24(23)20-2-3-20)42-30-29(36-18-37-38-30)40-16-32(17-40)7-9-39(10-8-32)31(41)28-25-12-21(25)15-35-28/h1,4-6,11,13,18,20-21,25,28,35H,2-3,7-10,12,15-17H2/t21-,25-,28-/m0/s1. The molecule has 214 valence electrons. The molecule has 2 saturated carbocycles. The van der Waals surface area contributed by atoms with E-state index in [1.54, 1.807) is 12.1 Å². The van der Waals surface area contributed by atoms with Gasteiger partial charge in [-0.25, -0.2) is 9.37 Å². The molecule has 2 aliphatic carbocycles. The van der Waals surface area contributed by atoms with Crippen LogP contribution in [-0.4, -0.2) is 64.8 Å². The predicted octanol–water partition coefficient (Wildman–Crippen LogP) is 4.26. The molecule has 42 heavy (non-hydrogen) atoms. The van der Waals surface area contributed by atoms with Crippen LogP contribution in [0, 0.1) is 34.4 Å². The molecule has 5 aliphatic rings. The molecule has 3 aliphatic heterocycles. The maximum Gasteiger partial charge on any atom is 0.282 e. The topological polar surface area (TPSA) is 107 Å². The van der Waals surface area contributed by atoms with Gasteiger partial charge in [0.05, 0.1) is 17.7 Å². The molecule has 2 aromatic carbocycles. The fraction of sp³-hybridized carbons (Fsp3) is 0.469. The zero-order valence-electron chi connectivity index (χ0n) is 23.3. The molecule has 3 aromatic rings. The average molecular weight is 566 g/mol. The minimum absolute atomic E-state index is 0.0229. The van der Waals surface area contributed by atoms with Crippen molar-refractivity contribution in [2.75, 3.05) is 37.6 Å². The van der Waals surface area contributed by atoms with Gasteiger partial charge < -0.3 is 19.9 Å². The van der Waals surface area contributed by atoms with Crippen molar-refractivity contribution >= 4 is 11.7 Å². The number of carbonyl (C=O) groups is 1. The lowest BCUT2D eigenvalue weighted by molar-refractivity contribution is -0.136. The molecule has 0 unspecified atom stereocenters. The van der Waals surface area contributed by atoms with Crippen molar-refractivity contribution in [2.45, 2.75) is 44.1 Å². The summed E-state index contributed by atoms with van der Waals surface area (Å²) >= 11 is 0. The summed E-state index contributed by atoms with van der Waals surface area (Å²) in [6, 6.07) is 12.3. The van der Waals surface area contributed by atoms with E-state index in [0.717, 1.165) is 69.5 Å². The van der Waals surface area contributed by atoms with Crippen LogP contribution in [0.3, 0.4) is 0 Å². The second-order valence-corrected chi connectivity index (χ2v) is 12.7. The molecular formula is C32H32FN7O2. The highest BCUT2D eigenvalue weighted by Gasteiger charge is 2.53. The van der Waals surface area contributed by atoms with E-state index >= 15 is 0 Å². The third-order valence-corrected chi connectivity index (χ3v) is 9.97. The van der Waals surface area contributed by atoms with Crippen molar-refractivity contribution in [1.29, 1.82) is 5.26 Å². The van der Waals surface area contributed by atoms with Gasteiger partial charge in [0.25, 0.3) is 5.88 Å². The number of carbonyl (C=O) groups excluding carboxylic acids is 1. The van der Waals surface area contributed by atoms with Crippen LogP contribution < -0.4 is 15.0 Å². The van der Waals surface area contributed by atoms with Crippen molar-refractivity contribution < 1.29 is 13.9 Å². The number of rotatable bonds is 6. The second-order valence-electron chi connectivity index (χ2n) is 12.7. The summed E-state index contributed by atoms with van der Waals surface area (Å²) in [5.74, 6) is 2.89. The van der Waals surface area contributed by atoms with E-state index < -0.39 is 0 Å². The first-order chi connectivity index (χ1) is 20.5. The molecule has 1 N–H and O–H groups in total. The first kappa shape index (κ1) is 25.6. The number of nitrogens with one attached hydrogen (secondary N) is 1. The number of amides is 1. The molecule has 0 radical (unpaired) electrons. The highest BCUT2D eigenvalue weighted by molar-refractivity contribution is 5.83. The maximum absolute atomic E-state index is 14.5. The molecule has 3 atom stereocenters. The third-order valence-electron chi connectivity index (χ3n) is 9.97. The van der Waals surface area contributed by atoms with E-state index in [2.05, 4.69) is 36.4 Å². The monoisotopic (exact) mass is 565 g/mol. The van der Waals surface area contributed by atoms with Crippen molar-refractivity contribution in [1.82, 2.24) is 25.4 Å². The fourth-order valence-electron chi connectivity index (χ4n) is 7.30. The van der Waals surface area contributed by atoms with Gasteiger partial charge in [0.1, 0.15) is 17.9 Å². The number of piperidine rings is 2. The van der Waals surface area contributed by atoms with Crippen LogP contribution in [0.5, 0.6) is 11.6 Å². The van der Waals surface area contributed by atoms with Gasteiger partial charge >= 0.3 is 0 Å². The van der Waals surface area contributed by atoms with Crippen LogP contribution in [0.4, 0.5) is 10.2 Å². The van der Waals surface area contributed by atoms with Gasteiger partial charge in [-0.2, -0.15) is 5.26 Å². The Balaban J connectivity index is 0.991. The van der Waals surface area contributed by atoms with Gasteiger partial charge in [-0.15, -0.1) is 10.2 Å². The lowest BCUT2D eigenvalue weighted by atomic mass is 9.72. The Kier molecular flexibility index (Phi) is 5.93. The molecule has 1 amide bonds. The number of benzene rings is 2. The molecular weight excluding hydrogens is 533 g/mol. The second kappa shape index (κ2) is 9.73. The van der Waals surface area contributed by atoms with Crippen molar-refractivity contribution in [3.63, 3.8) is 0 Å². The van der Waals surface area contributed by atoms with Gasteiger partial charge in [-0.3, -0.25) is 4.79 Å². The lowest BCUT2D eigenvalue weighted by Crippen LogP contribution is -2.62. The number of likely N-dealkylation sites (tertiary alicyclic amines) is 1. The molecule has 1 spiro atoms. The molecule has 9 nitrogen and oxygen atoms in total. The number of hydrogen-bond acceptors (Lipinski definition) is 8. The smallest absolute Gasteiger partial charge is 0.282 e. The zero-order valence-corrected chi connectivity index (χ0v) is 23.3. The largest absolute Gasteiger partial charge is 0.434 e. The van der Waals surface area contributed by atoms with E-state index in [9.17, 15) is 14.4 Å². The van der Waals surface area contributed by atoms with Crippen molar-refractivity contribution in [3.05, 3.63) is 59.7 Å². The molecule has 1 aromatic heterocycles. The van der Waals surface area contributed by atoms with Crippen molar-refractivity contribution in [2.24, 2.45) is 17.3 Å². The summed E-state index contributed by atoms with van der Waals surface area (Å²) < 4.78 is 20.9. The quantitative estimate of drug-likeness (QED) is 0.473. The number of fused-ring (bicyclic) bond motifs is 1. The number of nitriles is 1. The molecule has 8 rings (SSSR count). The van der Waals surface area contributed by atoms with Gasteiger partial charge in [0.2, 0.25) is 5.91 Å². The average Bonchev–Trinajstić information content (AvgIpc) is 3.95. The highest BCUT2D eigenvalue weighted by Crippen LogP contribution is 2.49. The molecule has 4 heterocycles. The molecule has 0 bridgehead atoms. The minimum Gasteiger partial charge on any atom is -0.434 e. The number of hydrogen-bond donors (Lipinski definition) is 1. The summed E-state index contributed by atoms with van der Waals surface area (Å²) in [6.45, 7) is 4.20. The maximum atomic E-state index is 14.5. The van der Waals surface area contributed by atoms with Gasteiger partial charge in [0.15, 0.2) is 5.82 Å². The Bertz CT molecular complexity index is 1600. The summed E-state index contributed by atoms with van der Waals surface area (Å²) in [7, 11) is 0. The predicted molar refractivity (Wildman–Crippen MR) is 152 cm³/mol. The van der Waals surface area contributed by atoms with E-state index in [0.29, 0.717) is 40.4 Å². The number of halogens is 1. The third kappa shape index (κ3) is 4.47. The lowest BCUT2D eigenvalue weighted by Gasteiger charge is -2.54. The normalized spacial score (nSPS) is 25.5. The van der Waals surface area contributed by atoms with Crippen molar-refractivity contribution in [3.8, 4) is 28.8 Å². The highest BCUT2D eigenvalue weighted by atomic mass is 19.1. The molecule has 5 fully saturated rings. The SMILES string of the molecule is N#Cc1ccc(-c2cc(F)ccc2Oc2nncnc2N2CC3(CCN(C(=O)[C@H]4NC[C@@H]5C[C@@H]54)CC3)C2)c(C2CC2)c1. The summed E-state index contributed by atoms with van der Waals surface area (Å²) in [4.78, 5) is 21.8. The molecule has 10 heteroatoms.